The Labute approximate surface area is 146 Å². The Balaban J connectivity index is 1.67. The smallest absolute Gasteiger partial charge is 0.251 e. The molecule has 2 heterocycles. The first-order chi connectivity index (χ1) is 12.0. The van der Waals surface area contributed by atoms with Crippen LogP contribution < -0.4 is 10.9 Å². The van der Waals surface area contributed by atoms with Gasteiger partial charge in [-0.25, -0.2) is 0 Å². The fraction of sp³-hybridized carbons (Fsp3) is 0.250. The number of fused-ring (bicyclic) bond motifs is 1. The highest BCUT2D eigenvalue weighted by atomic mass is 16.1. The molecule has 5 heteroatoms. The summed E-state index contributed by atoms with van der Waals surface area (Å²) in [5, 5.41) is 3.83. The van der Waals surface area contributed by atoms with Crippen LogP contribution >= 0.6 is 0 Å². The summed E-state index contributed by atoms with van der Waals surface area (Å²) in [5.74, 6) is -0.0921. The zero-order valence-corrected chi connectivity index (χ0v) is 14.4. The summed E-state index contributed by atoms with van der Waals surface area (Å²) in [6.07, 6.45) is 2.37. The Morgan fingerprint density at radius 2 is 2.04 bits per heavy atom. The quantitative estimate of drug-likeness (QED) is 0.753. The number of carbonyl (C=O) groups is 1. The molecule has 128 valence electrons. The van der Waals surface area contributed by atoms with Crippen molar-refractivity contribution in [3.63, 3.8) is 0 Å². The standard InChI is InChI=1S/C20H21N3O2/c1-13-9-14(2)19-16(10-13)11-15(20(25)23-19)6-7-18(24)22-12-17-5-3-4-8-21-17/h3-5,8-11H,6-7,12H2,1-2H3,(H,22,24)(H,23,25). The highest BCUT2D eigenvalue weighted by Gasteiger charge is 2.08. The molecule has 2 N–H and O–H groups in total. The van der Waals surface area contributed by atoms with Gasteiger partial charge in [0.2, 0.25) is 5.91 Å². The number of nitrogens with one attached hydrogen (secondary N) is 2. The van der Waals surface area contributed by atoms with Crippen molar-refractivity contribution in [2.75, 3.05) is 0 Å². The molecule has 0 spiro atoms. The Hall–Kier alpha value is -2.95. The number of amides is 1. The van der Waals surface area contributed by atoms with Gasteiger partial charge in [-0.1, -0.05) is 17.7 Å². The van der Waals surface area contributed by atoms with Gasteiger partial charge < -0.3 is 10.3 Å². The Morgan fingerprint density at radius 3 is 2.80 bits per heavy atom. The summed E-state index contributed by atoms with van der Waals surface area (Å²) in [6, 6.07) is 11.6. The SMILES string of the molecule is Cc1cc(C)c2[nH]c(=O)c(CCC(=O)NCc3ccccn3)cc2c1. The van der Waals surface area contributed by atoms with Crippen LogP contribution in [0.5, 0.6) is 0 Å². The maximum absolute atomic E-state index is 12.3. The number of benzene rings is 1. The average molecular weight is 335 g/mol. The van der Waals surface area contributed by atoms with Crippen LogP contribution in [-0.4, -0.2) is 15.9 Å². The zero-order valence-electron chi connectivity index (χ0n) is 14.4. The molecular formula is C20H21N3O2. The van der Waals surface area contributed by atoms with E-state index < -0.39 is 0 Å². The Morgan fingerprint density at radius 1 is 1.20 bits per heavy atom. The lowest BCUT2D eigenvalue weighted by Crippen LogP contribution is -2.24. The number of aromatic amines is 1. The summed E-state index contributed by atoms with van der Waals surface area (Å²) < 4.78 is 0. The van der Waals surface area contributed by atoms with E-state index in [1.807, 2.05) is 50.2 Å². The van der Waals surface area contributed by atoms with Crippen molar-refractivity contribution in [3.05, 3.63) is 75.3 Å². The van der Waals surface area contributed by atoms with Crippen molar-refractivity contribution in [1.82, 2.24) is 15.3 Å². The van der Waals surface area contributed by atoms with Gasteiger partial charge in [-0.05, 0) is 55.5 Å². The van der Waals surface area contributed by atoms with Gasteiger partial charge in [0.05, 0.1) is 17.8 Å². The molecule has 0 atom stereocenters. The maximum atomic E-state index is 12.3. The van der Waals surface area contributed by atoms with Crippen molar-refractivity contribution in [1.29, 1.82) is 0 Å². The molecule has 3 rings (SSSR count). The fourth-order valence-electron chi connectivity index (χ4n) is 2.95. The van der Waals surface area contributed by atoms with E-state index in [1.54, 1.807) is 6.20 Å². The molecule has 0 aliphatic heterocycles. The van der Waals surface area contributed by atoms with Gasteiger partial charge in [0, 0.05) is 18.2 Å². The fourth-order valence-corrected chi connectivity index (χ4v) is 2.95. The van der Waals surface area contributed by atoms with E-state index in [9.17, 15) is 9.59 Å². The van der Waals surface area contributed by atoms with E-state index in [-0.39, 0.29) is 17.9 Å². The van der Waals surface area contributed by atoms with E-state index in [0.29, 0.717) is 18.5 Å². The number of aryl methyl sites for hydroxylation is 3. The molecular weight excluding hydrogens is 314 g/mol. The molecule has 5 nitrogen and oxygen atoms in total. The van der Waals surface area contributed by atoms with Crippen LogP contribution in [0.15, 0.2) is 47.4 Å². The van der Waals surface area contributed by atoms with Crippen LogP contribution in [0.2, 0.25) is 0 Å². The number of hydrogen-bond acceptors (Lipinski definition) is 3. The molecule has 0 aliphatic carbocycles. The maximum Gasteiger partial charge on any atom is 0.251 e. The molecule has 1 aromatic carbocycles. The topological polar surface area (TPSA) is 74.8 Å². The molecule has 0 unspecified atom stereocenters. The molecule has 0 bridgehead atoms. The number of pyridine rings is 2. The van der Waals surface area contributed by atoms with Crippen LogP contribution in [0.25, 0.3) is 10.9 Å². The largest absolute Gasteiger partial charge is 0.350 e. The van der Waals surface area contributed by atoms with Crippen LogP contribution in [0.4, 0.5) is 0 Å². The van der Waals surface area contributed by atoms with E-state index >= 15 is 0 Å². The summed E-state index contributed by atoms with van der Waals surface area (Å²) in [5.41, 5.74) is 4.37. The minimum Gasteiger partial charge on any atom is -0.350 e. The number of rotatable bonds is 5. The summed E-state index contributed by atoms with van der Waals surface area (Å²) in [7, 11) is 0. The van der Waals surface area contributed by atoms with Crippen molar-refractivity contribution in [3.8, 4) is 0 Å². The van der Waals surface area contributed by atoms with E-state index in [0.717, 1.165) is 27.7 Å². The predicted molar refractivity (Wildman–Crippen MR) is 98.4 cm³/mol. The monoisotopic (exact) mass is 335 g/mol. The molecule has 0 saturated heterocycles. The number of carbonyl (C=O) groups excluding carboxylic acids is 1. The van der Waals surface area contributed by atoms with Crippen molar-refractivity contribution in [2.24, 2.45) is 0 Å². The van der Waals surface area contributed by atoms with Crippen molar-refractivity contribution >= 4 is 16.8 Å². The summed E-state index contributed by atoms with van der Waals surface area (Å²) in [6.45, 7) is 4.41. The Bertz CT molecular complexity index is 962. The normalized spacial score (nSPS) is 10.8. The van der Waals surface area contributed by atoms with E-state index in [4.69, 9.17) is 0 Å². The van der Waals surface area contributed by atoms with Gasteiger partial charge >= 0.3 is 0 Å². The minimum atomic E-state index is -0.128. The summed E-state index contributed by atoms with van der Waals surface area (Å²) >= 11 is 0. The molecule has 2 aromatic heterocycles. The van der Waals surface area contributed by atoms with Crippen LogP contribution in [0.3, 0.4) is 0 Å². The lowest BCUT2D eigenvalue weighted by Gasteiger charge is -2.08. The molecule has 0 radical (unpaired) electrons. The highest BCUT2D eigenvalue weighted by Crippen LogP contribution is 2.18. The third kappa shape index (κ3) is 4.12. The van der Waals surface area contributed by atoms with Crippen molar-refractivity contribution < 1.29 is 4.79 Å². The number of hydrogen-bond donors (Lipinski definition) is 2. The van der Waals surface area contributed by atoms with Gasteiger partial charge in [-0.2, -0.15) is 0 Å². The van der Waals surface area contributed by atoms with Gasteiger partial charge in [-0.3, -0.25) is 14.6 Å². The molecule has 25 heavy (non-hydrogen) atoms. The second-order valence-electron chi connectivity index (χ2n) is 6.27. The zero-order chi connectivity index (χ0) is 17.8. The van der Waals surface area contributed by atoms with Gasteiger partial charge in [0.25, 0.3) is 5.56 Å². The minimum absolute atomic E-state index is 0.0921. The number of H-pyrrole nitrogens is 1. The van der Waals surface area contributed by atoms with Crippen LogP contribution in [0.1, 0.15) is 28.8 Å². The second-order valence-corrected chi connectivity index (χ2v) is 6.27. The van der Waals surface area contributed by atoms with Crippen molar-refractivity contribution in [2.45, 2.75) is 33.2 Å². The molecule has 0 fully saturated rings. The number of aromatic nitrogens is 2. The van der Waals surface area contributed by atoms with E-state index in [1.165, 1.54) is 0 Å². The molecule has 0 saturated carbocycles. The first-order valence-corrected chi connectivity index (χ1v) is 8.32. The highest BCUT2D eigenvalue weighted by molar-refractivity contribution is 5.83. The van der Waals surface area contributed by atoms with E-state index in [2.05, 4.69) is 15.3 Å². The van der Waals surface area contributed by atoms with Gasteiger partial charge in [0.1, 0.15) is 0 Å². The Kier molecular flexibility index (Phi) is 4.93. The average Bonchev–Trinajstić information content (AvgIpc) is 2.60. The lowest BCUT2D eigenvalue weighted by molar-refractivity contribution is -0.121. The third-order valence-electron chi connectivity index (χ3n) is 4.18. The number of nitrogens with zero attached hydrogens (tertiary/aromatic N) is 1. The second kappa shape index (κ2) is 7.30. The molecule has 1 amide bonds. The summed E-state index contributed by atoms with van der Waals surface area (Å²) in [4.78, 5) is 31.4. The molecule has 0 aliphatic rings. The third-order valence-corrected chi connectivity index (χ3v) is 4.18. The van der Waals surface area contributed by atoms with Crippen LogP contribution in [-0.2, 0) is 17.8 Å². The first-order valence-electron chi connectivity index (χ1n) is 8.32. The van der Waals surface area contributed by atoms with Gasteiger partial charge in [-0.15, -0.1) is 0 Å². The first kappa shape index (κ1) is 16.9. The lowest BCUT2D eigenvalue weighted by atomic mass is 10.0. The molecule has 3 aromatic rings. The van der Waals surface area contributed by atoms with Crippen LogP contribution in [0, 0.1) is 13.8 Å². The predicted octanol–water partition coefficient (Wildman–Crippen LogP) is 2.79. The van der Waals surface area contributed by atoms with Gasteiger partial charge in [0.15, 0.2) is 0 Å².